The van der Waals surface area contributed by atoms with E-state index in [0.29, 0.717) is 42.4 Å². The van der Waals surface area contributed by atoms with Gasteiger partial charge in [0.15, 0.2) is 0 Å². The molecule has 2 aromatic carbocycles. The van der Waals surface area contributed by atoms with Crippen molar-refractivity contribution in [3.05, 3.63) is 97.8 Å². The molecule has 0 bridgehead atoms. The van der Waals surface area contributed by atoms with E-state index in [9.17, 15) is 19.2 Å². The summed E-state index contributed by atoms with van der Waals surface area (Å²) in [5, 5.41) is 7.98. The molecule has 2 N–H and O–H groups in total. The van der Waals surface area contributed by atoms with E-state index >= 15 is 0 Å². The van der Waals surface area contributed by atoms with E-state index in [0.717, 1.165) is 9.44 Å². The predicted molar refractivity (Wildman–Crippen MR) is 138 cm³/mol. The van der Waals surface area contributed by atoms with Crippen molar-refractivity contribution in [2.24, 2.45) is 0 Å². The maximum absolute atomic E-state index is 13.2. The van der Waals surface area contributed by atoms with Gasteiger partial charge in [-0.25, -0.2) is 4.79 Å². The summed E-state index contributed by atoms with van der Waals surface area (Å²) < 4.78 is 2.48. The van der Waals surface area contributed by atoms with Crippen LogP contribution in [0.5, 0.6) is 0 Å². The van der Waals surface area contributed by atoms with Gasteiger partial charge in [-0.1, -0.05) is 36.4 Å². The van der Waals surface area contributed by atoms with E-state index in [1.54, 1.807) is 59.9 Å². The Labute approximate surface area is 205 Å². The summed E-state index contributed by atoms with van der Waals surface area (Å²) >= 11 is 1.58. The zero-order chi connectivity index (χ0) is 24.6. The van der Waals surface area contributed by atoms with Crippen LogP contribution in [-0.2, 0) is 29.2 Å². The molecule has 0 atom stereocenters. The van der Waals surface area contributed by atoms with Crippen LogP contribution in [0.3, 0.4) is 0 Å². The van der Waals surface area contributed by atoms with Gasteiger partial charge in [0.2, 0.25) is 11.8 Å². The molecule has 8 nitrogen and oxygen atoms in total. The molecular weight excluding hydrogens is 464 g/mol. The van der Waals surface area contributed by atoms with E-state index in [4.69, 9.17) is 0 Å². The number of carbonyl (C=O) groups is 2. The van der Waals surface area contributed by atoms with Crippen molar-refractivity contribution in [3.63, 3.8) is 0 Å². The van der Waals surface area contributed by atoms with Crippen molar-refractivity contribution >= 4 is 39.7 Å². The molecule has 0 fully saturated rings. The Morgan fingerprint density at radius 1 is 0.829 bits per heavy atom. The maximum Gasteiger partial charge on any atom is 0.331 e. The number of benzene rings is 2. The van der Waals surface area contributed by atoms with Crippen LogP contribution in [0.2, 0.25) is 0 Å². The number of amides is 2. The number of para-hydroxylation sites is 2. The summed E-state index contributed by atoms with van der Waals surface area (Å²) in [5.74, 6) is -0.435. The van der Waals surface area contributed by atoms with Crippen molar-refractivity contribution in [1.29, 1.82) is 0 Å². The number of rotatable bonds is 10. The summed E-state index contributed by atoms with van der Waals surface area (Å²) in [5.41, 5.74) is 0.0990. The highest BCUT2D eigenvalue weighted by molar-refractivity contribution is 7.09. The Bertz CT molecular complexity index is 1430. The molecular formula is C26H26N4O4S. The van der Waals surface area contributed by atoms with Gasteiger partial charge in [-0.3, -0.25) is 23.5 Å². The summed E-state index contributed by atoms with van der Waals surface area (Å²) in [6, 6.07) is 19.6. The minimum atomic E-state index is -0.543. The van der Waals surface area contributed by atoms with Crippen LogP contribution in [0, 0.1) is 0 Å². The molecule has 180 valence electrons. The lowest BCUT2D eigenvalue weighted by Gasteiger charge is -2.14. The van der Waals surface area contributed by atoms with Gasteiger partial charge in [0.05, 0.1) is 17.4 Å². The van der Waals surface area contributed by atoms with Crippen molar-refractivity contribution in [2.45, 2.75) is 38.9 Å². The molecule has 0 unspecified atom stereocenters. The first-order valence-electron chi connectivity index (χ1n) is 11.4. The largest absolute Gasteiger partial charge is 0.351 e. The number of nitrogens with one attached hydrogen (secondary N) is 2. The lowest BCUT2D eigenvalue weighted by Crippen LogP contribution is -2.41. The summed E-state index contributed by atoms with van der Waals surface area (Å²) in [6.45, 7) is 0.442. The lowest BCUT2D eigenvalue weighted by atomic mass is 10.2. The fraction of sp³-hybridized carbons (Fsp3) is 0.231. The van der Waals surface area contributed by atoms with Crippen molar-refractivity contribution in [1.82, 2.24) is 14.5 Å². The molecule has 0 spiro atoms. The number of anilines is 1. The highest BCUT2D eigenvalue weighted by atomic mass is 32.1. The minimum Gasteiger partial charge on any atom is -0.351 e. The topological polar surface area (TPSA) is 102 Å². The third-order valence-electron chi connectivity index (χ3n) is 5.57. The molecule has 0 aliphatic rings. The van der Waals surface area contributed by atoms with Gasteiger partial charge in [-0.15, -0.1) is 11.3 Å². The van der Waals surface area contributed by atoms with Crippen LogP contribution in [0.15, 0.2) is 81.7 Å². The van der Waals surface area contributed by atoms with Gasteiger partial charge in [0.25, 0.3) is 5.56 Å². The third-order valence-corrected chi connectivity index (χ3v) is 6.44. The summed E-state index contributed by atoms with van der Waals surface area (Å²) in [6.07, 6.45) is 1.32. The molecule has 0 saturated heterocycles. The van der Waals surface area contributed by atoms with Crippen LogP contribution in [-0.4, -0.2) is 20.9 Å². The SMILES string of the molecule is O=C(CCCCn1c(=O)c2ccccc2n(CC(=O)Nc2ccccc2)c1=O)NCc1cccs1. The molecule has 35 heavy (non-hydrogen) atoms. The first-order valence-corrected chi connectivity index (χ1v) is 12.3. The zero-order valence-corrected chi connectivity index (χ0v) is 19.9. The van der Waals surface area contributed by atoms with E-state index in [2.05, 4.69) is 10.6 Å². The average Bonchev–Trinajstić information content (AvgIpc) is 3.39. The van der Waals surface area contributed by atoms with Crippen LogP contribution < -0.4 is 21.9 Å². The zero-order valence-electron chi connectivity index (χ0n) is 19.1. The number of aromatic nitrogens is 2. The Hall–Kier alpha value is -3.98. The Balaban J connectivity index is 1.45. The molecule has 4 rings (SSSR count). The summed E-state index contributed by atoms with van der Waals surface area (Å²) in [4.78, 5) is 52.1. The summed E-state index contributed by atoms with van der Waals surface area (Å²) in [7, 11) is 0. The van der Waals surface area contributed by atoms with Crippen molar-refractivity contribution < 1.29 is 9.59 Å². The average molecular weight is 491 g/mol. The second-order valence-corrected chi connectivity index (χ2v) is 9.10. The van der Waals surface area contributed by atoms with E-state index < -0.39 is 11.2 Å². The molecule has 2 aromatic heterocycles. The predicted octanol–water partition coefficient (Wildman–Crippen LogP) is 3.35. The van der Waals surface area contributed by atoms with Crippen LogP contribution in [0.4, 0.5) is 5.69 Å². The number of thiophene rings is 1. The fourth-order valence-electron chi connectivity index (χ4n) is 3.83. The number of hydrogen-bond donors (Lipinski definition) is 2. The number of hydrogen-bond acceptors (Lipinski definition) is 5. The molecule has 0 radical (unpaired) electrons. The van der Waals surface area contributed by atoms with E-state index in [-0.39, 0.29) is 24.9 Å². The lowest BCUT2D eigenvalue weighted by molar-refractivity contribution is -0.121. The highest BCUT2D eigenvalue weighted by Crippen LogP contribution is 2.10. The van der Waals surface area contributed by atoms with Crippen molar-refractivity contribution in [2.75, 3.05) is 5.32 Å². The van der Waals surface area contributed by atoms with Gasteiger partial charge in [0.1, 0.15) is 6.54 Å². The van der Waals surface area contributed by atoms with Crippen molar-refractivity contribution in [3.8, 4) is 0 Å². The van der Waals surface area contributed by atoms with E-state index in [1.165, 1.54) is 4.57 Å². The molecule has 4 aromatic rings. The number of unbranched alkanes of at least 4 members (excludes halogenated alkanes) is 1. The van der Waals surface area contributed by atoms with E-state index in [1.807, 2.05) is 23.6 Å². The smallest absolute Gasteiger partial charge is 0.331 e. The Kier molecular flexibility index (Phi) is 7.89. The minimum absolute atomic E-state index is 0.0701. The van der Waals surface area contributed by atoms with Gasteiger partial charge in [-0.2, -0.15) is 0 Å². The number of fused-ring (bicyclic) bond motifs is 1. The standard InChI is InChI=1S/C26H26N4O4S/c31-23(27-17-20-11-8-16-35-20)14-6-7-15-29-25(33)21-12-4-5-13-22(21)30(26(29)34)18-24(32)28-19-9-2-1-3-10-19/h1-5,8-13,16H,6-7,14-15,17-18H2,(H,27,31)(H,28,32). The normalized spacial score (nSPS) is 10.9. The molecule has 2 heterocycles. The molecule has 0 saturated carbocycles. The van der Waals surface area contributed by atoms with Crippen LogP contribution >= 0.6 is 11.3 Å². The van der Waals surface area contributed by atoms with Gasteiger partial charge >= 0.3 is 5.69 Å². The van der Waals surface area contributed by atoms with Crippen LogP contribution in [0.1, 0.15) is 24.1 Å². The quantitative estimate of drug-likeness (QED) is 0.333. The molecule has 0 aliphatic carbocycles. The Morgan fingerprint density at radius 3 is 2.37 bits per heavy atom. The third kappa shape index (κ3) is 6.13. The molecule has 0 aliphatic heterocycles. The van der Waals surface area contributed by atoms with Gasteiger partial charge in [0, 0.05) is 23.5 Å². The number of carbonyl (C=O) groups excluding carboxylic acids is 2. The fourth-order valence-corrected chi connectivity index (χ4v) is 4.47. The van der Waals surface area contributed by atoms with Gasteiger partial charge in [-0.05, 0) is 48.6 Å². The first-order chi connectivity index (χ1) is 17.0. The maximum atomic E-state index is 13.2. The van der Waals surface area contributed by atoms with Crippen LogP contribution in [0.25, 0.3) is 10.9 Å². The monoisotopic (exact) mass is 490 g/mol. The highest BCUT2D eigenvalue weighted by Gasteiger charge is 2.15. The first kappa shape index (κ1) is 24.2. The molecule has 9 heteroatoms. The number of nitrogens with zero attached hydrogens (tertiary/aromatic N) is 2. The Morgan fingerprint density at radius 2 is 1.60 bits per heavy atom. The second kappa shape index (κ2) is 11.4. The molecule has 2 amide bonds. The second-order valence-electron chi connectivity index (χ2n) is 8.07. The van der Waals surface area contributed by atoms with Gasteiger partial charge < -0.3 is 10.6 Å².